The van der Waals surface area contributed by atoms with Crippen molar-refractivity contribution in [2.45, 2.75) is 50.0 Å². The van der Waals surface area contributed by atoms with Crippen LogP contribution in [-0.4, -0.2) is 100 Å². The van der Waals surface area contributed by atoms with E-state index >= 15 is 0 Å². The van der Waals surface area contributed by atoms with Gasteiger partial charge in [0.05, 0.1) is 51.5 Å². The third-order valence-corrected chi connectivity index (χ3v) is 7.19. The van der Waals surface area contributed by atoms with E-state index in [0.29, 0.717) is 5.69 Å². The molecule has 14 nitrogen and oxygen atoms in total. The van der Waals surface area contributed by atoms with Crippen LogP contribution >= 0.6 is 7.60 Å². The predicted octanol–water partition coefficient (Wildman–Crippen LogP) is 1.35. The molecule has 19 heteroatoms. The Morgan fingerprint density at radius 1 is 0.848 bits per heavy atom. The molecular formula is C27H32F4NO13P. The smallest absolute Gasteiger partial charge is 0.325 e. The summed E-state index contributed by atoms with van der Waals surface area (Å²) in [5.41, 5.74) is 0.369. The van der Waals surface area contributed by atoms with Crippen LogP contribution < -0.4 is 14.8 Å². The van der Waals surface area contributed by atoms with Gasteiger partial charge in [-0.2, -0.15) is 8.78 Å². The molecule has 2 aromatic carbocycles. The van der Waals surface area contributed by atoms with Gasteiger partial charge in [0.15, 0.2) is 11.6 Å². The number of carbonyl (C=O) groups excluding carboxylic acids is 2. The standard InChI is InChI=1S/C27H32F4NO13P/c28-16-13-17(29)22(31)26(21(16)30)45-20(34)6-9-42-11-10-41-8-5-19(33)32-14-1-3-15(4-2-14)43-27-25(37)24(36)23(35)18(44-27)7-12-46(38,39)40/h1-4,13,18,23-25,27,35-37H,5-12H2,(H,32,33)(H2,38,39,40)/t18-,23-,24+,25+,27+/m1/s1. The summed E-state index contributed by atoms with van der Waals surface area (Å²) in [6.07, 6.45) is -9.10. The molecule has 1 saturated heterocycles. The molecule has 1 aliphatic heterocycles. The fourth-order valence-corrected chi connectivity index (χ4v) is 4.56. The molecule has 0 unspecified atom stereocenters. The number of anilines is 1. The van der Waals surface area contributed by atoms with Crippen LogP contribution in [0, 0.1) is 23.3 Å². The van der Waals surface area contributed by atoms with E-state index in [-0.39, 0.29) is 51.1 Å². The lowest BCUT2D eigenvalue weighted by Gasteiger charge is -2.40. The highest BCUT2D eigenvalue weighted by atomic mass is 31.2. The van der Waals surface area contributed by atoms with Crippen molar-refractivity contribution >= 4 is 25.2 Å². The zero-order chi connectivity index (χ0) is 34.0. The van der Waals surface area contributed by atoms with Crippen molar-refractivity contribution in [3.63, 3.8) is 0 Å². The average Bonchev–Trinajstić information content (AvgIpc) is 2.99. The number of hydrogen-bond acceptors (Lipinski definition) is 11. The molecule has 0 aromatic heterocycles. The van der Waals surface area contributed by atoms with Gasteiger partial charge in [0.25, 0.3) is 0 Å². The summed E-state index contributed by atoms with van der Waals surface area (Å²) < 4.78 is 90.2. The molecule has 1 aliphatic rings. The van der Waals surface area contributed by atoms with Crippen LogP contribution in [0.2, 0.25) is 0 Å². The Morgan fingerprint density at radius 3 is 2.02 bits per heavy atom. The second kappa shape index (κ2) is 17.1. The molecule has 0 bridgehead atoms. The van der Waals surface area contributed by atoms with E-state index in [2.05, 4.69) is 10.1 Å². The van der Waals surface area contributed by atoms with E-state index in [4.69, 9.17) is 28.7 Å². The highest BCUT2D eigenvalue weighted by Crippen LogP contribution is 2.37. The Balaban J connectivity index is 1.31. The molecule has 256 valence electrons. The van der Waals surface area contributed by atoms with Gasteiger partial charge < -0.3 is 54.1 Å². The maximum atomic E-state index is 13.5. The summed E-state index contributed by atoms with van der Waals surface area (Å²) >= 11 is 0. The Labute approximate surface area is 258 Å². The monoisotopic (exact) mass is 685 g/mol. The fourth-order valence-electron chi connectivity index (χ4n) is 3.97. The van der Waals surface area contributed by atoms with Gasteiger partial charge in [0, 0.05) is 11.8 Å². The fraction of sp³-hybridized carbons (Fsp3) is 0.481. The normalized spacial score (nSPS) is 21.5. The first-order chi connectivity index (χ1) is 21.7. The SMILES string of the molecule is O=C(CCOCCOCCC(=O)Oc1c(F)c(F)cc(F)c1F)Nc1ccc(O[C@H]2O[C@H](CCP(=O)(O)O)[C@@H](O)[C@H](O)[C@@H]2O)cc1. The average molecular weight is 686 g/mol. The van der Waals surface area contributed by atoms with Crippen LogP contribution in [0.3, 0.4) is 0 Å². The Kier molecular flexibility index (Phi) is 13.9. The first kappa shape index (κ1) is 37.3. The number of aliphatic hydroxyl groups is 3. The first-order valence-corrected chi connectivity index (χ1v) is 15.5. The number of nitrogens with one attached hydrogen (secondary N) is 1. The van der Waals surface area contributed by atoms with E-state index in [1.165, 1.54) is 24.3 Å². The Morgan fingerprint density at radius 2 is 1.43 bits per heavy atom. The van der Waals surface area contributed by atoms with Crippen molar-refractivity contribution in [1.82, 2.24) is 0 Å². The summed E-state index contributed by atoms with van der Waals surface area (Å²) in [5, 5.41) is 33.0. The zero-order valence-electron chi connectivity index (χ0n) is 23.9. The summed E-state index contributed by atoms with van der Waals surface area (Å²) in [7, 11) is -4.40. The van der Waals surface area contributed by atoms with Crippen molar-refractivity contribution in [2.24, 2.45) is 0 Å². The van der Waals surface area contributed by atoms with Crippen LogP contribution in [0.4, 0.5) is 23.2 Å². The third kappa shape index (κ3) is 11.3. The number of ether oxygens (including phenoxy) is 5. The van der Waals surface area contributed by atoms with E-state index < -0.39 is 91.8 Å². The van der Waals surface area contributed by atoms with Crippen LogP contribution in [0.25, 0.3) is 0 Å². The molecule has 0 spiro atoms. The molecule has 6 N–H and O–H groups in total. The minimum Gasteiger partial charge on any atom is -0.462 e. The molecule has 3 rings (SSSR count). The van der Waals surface area contributed by atoms with Crippen molar-refractivity contribution in [2.75, 3.05) is 37.9 Å². The van der Waals surface area contributed by atoms with Gasteiger partial charge in [-0.25, -0.2) is 8.78 Å². The molecule has 0 radical (unpaired) electrons. The summed E-state index contributed by atoms with van der Waals surface area (Å²) in [6.45, 7) is -0.257. The maximum Gasteiger partial charge on any atom is 0.325 e. The van der Waals surface area contributed by atoms with Gasteiger partial charge in [-0.15, -0.1) is 0 Å². The summed E-state index contributed by atoms with van der Waals surface area (Å²) in [4.78, 5) is 42.0. The maximum absolute atomic E-state index is 13.5. The molecular weight excluding hydrogens is 653 g/mol. The summed E-state index contributed by atoms with van der Waals surface area (Å²) in [5.74, 6) is -10.1. The second-order valence-electron chi connectivity index (χ2n) is 9.88. The van der Waals surface area contributed by atoms with Gasteiger partial charge in [-0.3, -0.25) is 14.2 Å². The van der Waals surface area contributed by atoms with Crippen molar-refractivity contribution in [3.8, 4) is 11.5 Å². The zero-order valence-corrected chi connectivity index (χ0v) is 24.8. The minimum absolute atomic E-state index is 0.00358. The molecule has 1 fully saturated rings. The lowest BCUT2D eigenvalue weighted by molar-refractivity contribution is -0.272. The molecule has 0 aliphatic carbocycles. The Bertz CT molecular complexity index is 1350. The van der Waals surface area contributed by atoms with E-state index in [1.54, 1.807) is 0 Å². The second-order valence-corrected chi connectivity index (χ2v) is 11.7. The molecule has 46 heavy (non-hydrogen) atoms. The topological polar surface area (TPSA) is 211 Å². The lowest BCUT2D eigenvalue weighted by atomic mass is 9.97. The molecule has 1 amide bonds. The van der Waals surface area contributed by atoms with Crippen LogP contribution in [0.15, 0.2) is 30.3 Å². The molecule has 1 heterocycles. The molecule has 2 aromatic rings. The minimum atomic E-state index is -4.40. The largest absolute Gasteiger partial charge is 0.462 e. The van der Waals surface area contributed by atoms with Crippen molar-refractivity contribution in [1.29, 1.82) is 0 Å². The quantitative estimate of drug-likeness (QED) is 0.0369. The number of halogens is 4. The van der Waals surface area contributed by atoms with Gasteiger partial charge >= 0.3 is 13.6 Å². The van der Waals surface area contributed by atoms with Gasteiger partial charge in [0.2, 0.25) is 29.6 Å². The number of carbonyl (C=O) groups is 2. The predicted molar refractivity (Wildman–Crippen MR) is 147 cm³/mol. The van der Waals surface area contributed by atoms with Gasteiger partial charge in [-0.1, -0.05) is 0 Å². The highest BCUT2D eigenvalue weighted by molar-refractivity contribution is 7.51. The highest BCUT2D eigenvalue weighted by Gasteiger charge is 2.45. The van der Waals surface area contributed by atoms with E-state index in [1.807, 2.05) is 0 Å². The first-order valence-electron chi connectivity index (χ1n) is 13.7. The summed E-state index contributed by atoms with van der Waals surface area (Å²) in [6, 6.07) is 5.74. The number of esters is 1. The Hall–Kier alpha value is -3.19. The van der Waals surface area contributed by atoms with Crippen molar-refractivity contribution in [3.05, 3.63) is 53.6 Å². The van der Waals surface area contributed by atoms with Crippen LogP contribution in [0.1, 0.15) is 19.3 Å². The third-order valence-electron chi connectivity index (χ3n) is 6.35. The van der Waals surface area contributed by atoms with Crippen LogP contribution in [-0.2, 0) is 28.4 Å². The lowest BCUT2D eigenvalue weighted by Crippen LogP contribution is -2.59. The number of benzene rings is 2. The van der Waals surface area contributed by atoms with Gasteiger partial charge in [-0.05, 0) is 30.7 Å². The number of amides is 1. The van der Waals surface area contributed by atoms with Crippen LogP contribution in [0.5, 0.6) is 11.5 Å². The van der Waals surface area contributed by atoms with E-state index in [0.717, 1.165) is 0 Å². The number of aliphatic hydroxyl groups excluding tert-OH is 3. The molecule has 0 saturated carbocycles. The number of rotatable bonds is 16. The van der Waals surface area contributed by atoms with E-state index in [9.17, 15) is 47.0 Å². The van der Waals surface area contributed by atoms with Gasteiger partial charge in [0.1, 0.15) is 24.1 Å². The molecule has 5 atom stereocenters. The number of hydrogen-bond donors (Lipinski definition) is 6. The van der Waals surface area contributed by atoms with Crippen molar-refractivity contribution < 1.29 is 80.5 Å².